The Morgan fingerprint density at radius 3 is 2.67 bits per heavy atom. The lowest BCUT2D eigenvalue weighted by atomic mass is 10.1. The van der Waals surface area contributed by atoms with Gasteiger partial charge in [0.1, 0.15) is 11.5 Å². The van der Waals surface area contributed by atoms with Crippen LogP contribution in [0, 0.1) is 0 Å². The lowest BCUT2D eigenvalue weighted by Gasteiger charge is -2.10. The second-order valence-corrected chi connectivity index (χ2v) is 7.19. The first-order chi connectivity index (χ1) is 14.5. The molecule has 6 nitrogen and oxygen atoms in total. The van der Waals surface area contributed by atoms with Gasteiger partial charge in [0.05, 0.1) is 12.8 Å². The molecule has 0 fully saturated rings. The molecule has 2 heterocycles. The van der Waals surface area contributed by atoms with Crippen molar-refractivity contribution >= 4 is 23.3 Å². The standard InChI is InChI=1S/C24H21NO5/c1-25-20-10-7-17(13-18(20)14-23(25)27)21(26)15-29-24(28)12-9-19-8-11-22(30-19)16-5-3-2-4-6-16/h2-8,10-11,13H,9,12,14-15H2,1H3. The van der Waals surface area contributed by atoms with Crippen LogP contribution in [0.2, 0.25) is 0 Å². The van der Waals surface area contributed by atoms with Crippen LogP contribution < -0.4 is 4.90 Å². The van der Waals surface area contributed by atoms with Crippen LogP contribution in [0.15, 0.2) is 65.1 Å². The van der Waals surface area contributed by atoms with Crippen molar-refractivity contribution < 1.29 is 23.5 Å². The van der Waals surface area contributed by atoms with Crippen LogP contribution in [-0.4, -0.2) is 31.3 Å². The van der Waals surface area contributed by atoms with Gasteiger partial charge in [0.2, 0.25) is 5.91 Å². The largest absolute Gasteiger partial charge is 0.461 e. The lowest BCUT2D eigenvalue weighted by molar-refractivity contribution is -0.142. The number of esters is 1. The highest BCUT2D eigenvalue weighted by Crippen LogP contribution is 2.28. The molecular weight excluding hydrogens is 382 g/mol. The van der Waals surface area contributed by atoms with Crippen LogP contribution in [0.1, 0.15) is 28.1 Å². The van der Waals surface area contributed by atoms with E-state index in [0.717, 1.165) is 22.6 Å². The lowest BCUT2D eigenvalue weighted by Crippen LogP contribution is -2.20. The van der Waals surface area contributed by atoms with Gasteiger partial charge >= 0.3 is 5.97 Å². The number of benzene rings is 2. The summed E-state index contributed by atoms with van der Waals surface area (Å²) < 4.78 is 10.9. The van der Waals surface area contributed by atoms with Gasteiger partial charge in [-0.3, -0.25) is 14.4 Å². The molecule has 0 bridgehead atoms. The highest BCUT2D eigenvalue weighted by molar-refractivity contribution is 6.03. The molecule has 6 heteroatoms. The van der Waals surface area contributed by atoms with Crippen molar-refractivity contribution in [3.63, 3.8) is 0 Å². The van der Waals surface area contributed by atoms with Crippen molar-refractivity contribution in [3.05, 3.63) is 77.6 Å². The molecule has 0 saturated heterocycles. The molecule has 0 unspecified atom stereocenters. The Morgan fingerprint density at radius 2 is 1.87 bits per heavy atom. The fourth-order valence-electron chi connectivity index (χ4n) is 3.44. The van der Waals surface area contributed by atoms with E-state index in [2.05, 4.69) is 0 Å². The summed E-state index contributed by atoms with van der Waals surface area (Å²) in [6, 6.07) is 18.5. The number of fused-ring (bicyclic) bond motifs is 1. The Hall–Kier alpha value is -3.67. The summed E-state index contributed by atoms with van der Waals surface area (Å²) >= 11 is 0. The van der Waals surface area contributed by atoms with E-state index in [1.807, 2.05) is 42.5 Å². The van der Waals surface area contributed by atoms with E-state index in [1.165, 1.54) is 0 Å². The summed E-state index contributed by atoms with van der Waals surface area (Å²) in [5, 5.41) is 0. The van der Waals surface area contributed by atoms with E-state index >= 15 is 0 Å². The third-order valence-corrected chi connectivity index (χ3v) is 5.14. The number of rotatable bonds is 7. The molecule has 0 N–H and O–H groups in total. The minimum atomic E-state index is -0.461. The summed E-state index contributed by atoms with van der Waals surface area (Å²) in [5.74, 6) is 0.670. The molecule has 1 aromatic heterocycles. The van der Waals surface area contributed by atoms with E-state index in [9.17, 15) is 14.4 Å². The van der Waals surface area contributed by atoms with Gasteiger partial charge in [-0.25, -0.2) is 0 Å². The second-order valence-electron chi connectivity index (χ2n) is 7.19. The SMILES string of the molecule is CN1C(=O)Cc2cc(C(=O)COC(=O)CCc3ccc(-c4ccccc4)o3)ccc21. The number of Topliss-reactive ketones (excluding diaryl/α,β-unsaturated/α-hetero) is 1. The predicted octanol–water partition coefficient (Wildman–Crippen LogP) is 3.82. The highest BCUT2D eigenvalue weighted by Gasteiger charge is 2.25. The van der Waals surface area contributed by atoms with E-state index < -0.39 is 5.97 Å². The molecule has 0 radical (unpaired) electrons. The number of carbonyl (C=O) groups excluding carboxylic acids is 3. The number of carbonyl (C=O) groups is 3. The Morgan fingerprint density at radius 1 is 1.07 bits per heavy atom. The van der Waals surface area contributed by atoms with Crippen LogP contribution >= 0.6 is 0 Å². The Kier molecular flexibility index (Phi) is 5.48. The number of ketones is 1. The number of aryl methyl sites for hydroxylation is 1. The molecule has 0 atom stereocenters. The zero-order valence-corrected chi connectivity index (χ0v) is 16.6. The molecule has 1 amide bonds. The molecule has 0 spiro atoms. The summed E-state index contributed by atoms with van der Waals surface area (Å²) in [6.07, 6.45) is 0.798. The van der Waals surface area contributed by atoms with Gasteiger partial charge in [-0.1, -0.05) is 30.3 Å². The van der Waals surface area contributed by atoms with Crippen LogP contribution in [0.5, 0.6) is 0 Å². The summed E-state index contributed by atoms with van der Waals surface area (Å²) in [5.41, 5.74) is 3.02. The van der Waals surface area contributed by atoms with E-state index in [-0.39, 0.29) is 31.1 Å². The predicted molar refractivity (Wildman–Crippen MR) is 111 cm³/mol. The molecular formula is C24H21NO5. The third kappa shape index (κ3) is 4.17. The molecule has 0 saturated carbocycles. The van der Waals surface area contributed by atoms with Crippen LogP contribution in [0.3, 0.4) is 0 Å². The van der Waals surface area contributed by atoms with E-state index in [4.69, 9.17) is 9.15 Å². The minimum Gasteiger partial charge on any atom is -0.461 e. The van der Waals surface area contributed by atoms with Gasteiger partial charge in [-0.15, -0.1) is 0 Å². The van der Waals surface area contributed by atoms with Gasteiger partial charge in [0.25, 0.3) is 0 Å². The fraction of sp³-hybridized carbons (Fsp3) is 0.208. The zero-order chi connectivity index (χ0) is 21.1. The number of amides is 1. The van der Waals surface area contributed by atoms with Crippen molar-refractivity contribution in [3.8, 4) is 11.3 Å². The topological polar surface area (TPSA) is 76.8 Å². The molecule has 2 aromatic carbocycles. The normalized spacial score (nSPS) is 12.7. The fourth-order valence-corrected chi connectivity index (χ4v) is 3.44. The summed E-state index contributed by atoms with van der Waals surface area (Å²) in [7, 11) is 1.71. The molecule has 0 aliphatic carbocycles. The van der Waals surface area contributed by atoms with Gasteiger partial charge < -0.3 is 14.1 Å². The van der Waals surface area contributed by atoms with Crippen molar-refractivity contribution in [2.45, 2.75) is 19.3 Å². The van der Waals surface area contributed by atoms with Gasteiger partial charge in [-0.2, -0.15) is 0 Å². The second kappa shape index (κ2) is 8.37. The number of furan rings is 1. The van der Waals surface area contributed by atoms with Crippen molar-refractivity contribution in [1.82, 2.24) is 0 Å². The number of hydrogen-bond acceptors (Lipinski definition) is 5. The number of anilines is 1. The average Bonchev–Trinajstić information content (AvgIpc) is 3.35. The molecule has 152 valence electrons. The van der Waals surface area contributed by atoms with Crippen LogP contribution in [-0.2, 0) is 27.2 Å². The van der Waals surface area contributed by atoms with Gasteiger partial charge in [-0.05, 0) is 35.9 Å². The first kappa shape index (κ1) is 19.6. The summed E-state index contributed by atoms with van der Waals surface area (Å²) in [4.78, 5) is 37.7. The van der Waals surface area contributed by atoms with Crippen molar-refractivity contribution in [1.29, 1.82) is 0 Å². The first-order valence-electron chi connectivity index (χ1n) is 9.74. The smallest absolute Gasteiger partial charge is 0.306 e. The maximum atomic E-state index is 12.4. The third-order valence-electron chi connectivity index (χ3n) is 5.14. The Labute approximate surface area is 174 Å². The van der Waals surface area contributed by atoms with Gasteiger partial charge in [0.15, 0.2) is 12.4 Å². The average molecular weight is 403 g/mol. The highest BCUT2D eigenvalue weighted by atomic mass is 16.5. The zero-order valence-electron chi connectivity index (χ0n) is 16.6. The van der Waals surface area contributed by atoms with E-state index in [0.29, 0.717) is 17.7 Å². The molecule has 1 aliphatic rings. The van der Waals surface area contributed by atoms with Crippen LogP contribution in [0.4, 0.5) is 5.69 Å². The molecule has 30 heavy (non-hydrogen) atoms. The summed E-state index contributed by atoms with van der Waals surface area (Å²) in [6.45, 7) is -0.325. The van der Waals surface area contributed by atoms with Gasteiger partial charge in [0, 0.05) is 30.3 Å². The van der Waals surface area contributed by atoms with Crippen molar-refractivity contribution in [2.24, 2.45) is 0 Å². The number of likely N-dealkylation sites (N-methyl/N-ethyl adjacent to an activating group) is 1. The maximum Gasteiger partial charge on any atom is 0.306 e. The Balaban J connectivity index is 1.27. The maximum absolute atomic E-state index is 12.4. The molecule has 1 aliphatic heterocycles. The number of nitrogens with zero attached hydrogens (tertiary/aromatic N) is 1. The quantitative estimate of drug-likeness (QED) is 0.443. The Bertz CT molecular complexity index is 1100. The van der Waals surface area contributed by atoms with Crippen LogP contribution in [0.25, 0.3) is 11.3 Å². The number of hydrogen-bond donors (Lipinski definition) is 0. The number of ether oxygens (including phenoxy) is 1. The molecule has 4 rings (SSSR count). The molecule has 3 aromatic rings. The minimum absolute atomic E-state index is 0.00521. The van der Waals surface area contributed by atoms with E-state index in [1.54, 1.807) is 30.1 Å². The monoisotopic (exact) mass is 403 g/mol. The van der Waals surface area contributed by atoms with Crippen molar-refractivity contribution in [2.75, 3.05) is 18.6 Å². The first-order valence-corrected chi connectivity index (χ1v) is 9.74.